The molecule has 6 nitrogen and oxygen atoms in total. The van der Waals surface area contributed by atoms with E-state index in [2.05, 4.69) is 34.3 Å². The molecule has 0 radical (unpaired) electrons. The summed E-state index contributed by atoms with van der Waals surface area (Å²) < 4.78 is 4.90. The lowest BCUT2D eigenvalue weighted by molar-refractivity contribution is -0.141. The number of rotatable bonds is 5. The van der Waals surface area contributed by atoms with Crippen LogP contribution >= 0.6 is 0 Å². The Balaban J connectivity index is 1.76. The summed E-state index contributed by atoms with van der Waals surface area (Å²) in [5.74, 6) is 1.10. The molecule has 0 saturated carbocycles. The molecule has 1 fully saturated rings. The molecular formula is C18H22N4O2. The molecule has 2 atom stereocenters. The maximum absolute atomic E-state index is 11.9. The number of nitrogens with one attached hydrogen (secondary N) is 1. The van der Waals surface area contributed by atoms with Gasteiger partial charge >= 0.3 is 5.97 Å². The molecule has 0 amide bonds. The highest BCUT2D eigenvalue weighted by molar-refractivity contribution is 5.80. The zero-order valence-electron chi connectivity index (χ0n) is 14.0. The lowest BCUT2D eigenvalue weighted by atomic mass is 10.1. The average Bonchev–Trinajstić information content (AvgIpc) is 3.12. The monoisotopic (exact) mass is 326 g/mol. The zero-order chi connectivity index (χ0) is 16.9. The Hall–Kier alpha value is -2.63. The average molecular weight is 326 g/mol. The van der Waals surface area contributed by atoms with E-state index in [9.17, 15) is 4.79 Å². The number of methoxy groups -OCH3 is 1. The number of aromatic nitrogens is 2. The summed E-state index contributed by atoms with van der Waals surface area (Å²) in [5.41, 5.74) is 1.17. The highest BCUT2D eigenvalue weighted by Gasteiger charge is 2.32. The summed E-state index contributed by atoms with van der Waals surface area (Å²) in [6.07, 6.45) is 3.46. The largest absolute Gasteiger partial charge is 0.467 e. The molecule has 1 aliphatic heterocycles. The van der Waals surface area contributed by atoms with E-state index >= 15 is 0 Å². The van der Waals surface area contributed by atoms with Gasteiger partial charge in [0.1, 0.15) is 11.9 Å². The van der Waals surface area contributed by atoms with E-state index in [1.807, 2.05) is 29.2 Å². The molecule has 0 bridgehead atoms. The molecule has 1 aliphatic rings. The summed E-state index contributed by atoms with van der Waals surface area (Å²) in [7, 11) is 1.42. The van der Waals surface area contributed by atoms with E-state index in [0.717, 1.165) is 25.2 Å². The normalized spacial score (nSPS) is 18.2. The highest BCUT2D eigenvalue weighted by Crippen LogP contribution is 2.25. The van der Waals surface area contributed by atoms with Crippen molar-refractivity contribution < 1.29 is 9.53 Å². The number of carbonyl (C=O) groups excluding carboxylic acids is 1. The van der Waals surface area contributed by atoms with Crippen molar-refractivity contribution in [1.82, 2.24) is 9.97 Å². The predicted molar refractivity (Wildman–Crippen MR) is 92.9 cm³/mol. The molecule has 6 heteroatoms. The lowest BCUT2D eigenvalue weighted by Crippen LogP contribution is -2.37. The number of benzene rings is 1. The first-order valence-electron chi connectivity index (χ1n) is 8.18. The van der Waals surface area contributed by atoms with Gasteiger partial charge in [0, 0.05) is 12.7 Å². The predicted octanol–water partition coefficient (Wildman–Crippen LogP) is 2.79. The Labute approximate surface area is 141 Å². The SMILES string of the molecule is COC(=O)C1CCCN1c1ccnc(N[C@H](C)c2ccccc2)n1. The van der Waals surface area contributed by atoms with Crippen LogP contribution in [0.4, 0.5) is 11.8 Å². The standard InChI is InChI=1S/C18H22N4O2/c1-13(14-7-4-3-5-8-14)20-18-19-11-10-16(21-18)22-12-6-9-15(22)17(23)24-2/h3-5,7-8,10-11,13,15H,6,9,12H2,1-2H3,(H,19,20,21)/t13-,15?/m1/s1. The van der Waals surface area contributed by atoms with Crippen LogP contribution in [0, 0.1) is 0 Å². The van der Waals surface area contributed by atoms with Crippen molar-refractivity contribution in [3.63, 3.8) is 0 Å². The van der Waals surface area contributed by atoms with E-state index in [1.165, 1.54) is 12.7 Å². The smallest absolute Gasteiger partial charge is 0.328 e. The van der Waals surface area contributed by atoms with Crippen LogP contribution < -0.4 is 10.2 Å². The van der Waals surface area contributed by atoms with Gasteiger partial charge < -0.3 is 15.0 Å². The van der Waals surface area contributed by atoms with Gasteiger partial charge in [-0.25, -0.2) is 9.78 Å². The van der Waals surface area contributed by atoms with Gasteiger partial charge in [-0.3, -0.25) is 0 Å². The Kier molecular flexibility index (Phi) is 4.93. The Morgan fingerprint density at radius 2 is 2.12 bits per heavy atom. The number of esters is 1. The molecule has 1 unspecified atom stereocenters. The van der Waals surface area contributed by atoms with Crippen LogP contribution in [0.3, 0.4) is 0 Å². The summed E-state index contributed by atoms with van der Waals surface area (Å²) in [4.78, 5) is 22.8. The van der Waals surface area contributed by atoms with Crippen LogP contribution in [0.25, 0.3) is 0 Å². The number of nitrogens with zero attached hydrogens (tertiary/aromatic N) is 3. The fourth-order valence-corrected chi connectivity index (χ4v) is 3.02. The molecule has 1 aromatic carbocycles. The Morgan fingerprint density at radius 3 is 2.88 bits per heavy atom. The maximum atomic E-state index is 11.9. The number of ether oxygens (including phenoxy) is 1. The second-order valence-electron chi connectivity index (χ2n) is 5.89. The van der Waals surface area contributed by atoms with Crippen molar-refractivity contribution in [2.45, 2.75) is 31.8 Å². The molecule has 0 aliphatic carbocycles. The van der Waals surface area contributed by atoms with Gasteiger partial charge in [0.2, 0.25) is 5.95 Å². The highest BCUT2D eigenvalue weighted by atomic mass is 16.5. The fourth-order valence-electron chi connectivity index (χ4n) is 3.02. The second kappa shape index (κ2) is 7.29. The topological polar surface area (TPSA) is 67.3 Å². The molecule has 3 rings (SSSR count). The Morgan fingerprint density at radius 1 is 1.33 bits per heavy atom. The van der Waals surface area contributed by atoms with Crippen molar-refractivity contribution in [2.75, 3.05) is 23.9 Å². The van der Waals surface area contributed by atoms with Crippen LogP contribution in [0.15, 0.2) is 42.6 Å². The van der Waals surface area contributed by atoms with Crippen molar-refractivity contribution >= 4 is 17.7 Å². The van der Waals surface area contributed by atoms with Gasteiger partial charge in [-0.2, -0.15) is 4.98 Å². The third kappa shape index (κ3) is 3.48. The first kappa shape index (κ1) is 16.2. The van der Waals surface area contributed by atoms with Crippen molar-refractivity contribution in [1.29, 1.82) is 0 Å². The summed E-state index contributed by atoms with van der Waals surface area (Å²) in [6, 6.07) is 11.8. The van der Waals surface area contributed by atoms with E-state index in [1.54, 1.807) is 6.20 Å². The molecule has 126 valence electrons. The van der Waals surface area contributed by atoms with Gasteiger partial charge in [-0.05, 0) is 31.4 Å². The van der Waals surface area contributed by atoms with E-state index < -0.39 is 0 Å². The molecule has 1 saturated heterocycles. The minimum atomic E-state index is -0.260. The number of carbonyl (C=O) groups is 1. The Bertz CT molecular complexity index is 692. The van der Waals surface area contributed by atoms with E-state index in [4.69, 9.17) is 4.74 Å². The number of anilines is 2. The van der Waals surface area contributed by atoms with E-state index in [0.29, 0.717) is 5.95 Å². The second-order valence-corrected chi connectivity index (χ2v) is 5.89. The summed E-state index contributed by atoms with van der Waals surface area (Å²) in [5, 5.41) is 3.32. The van der Waals surface area contributed by atoms with Gasteiger partial charge in [0.05, 0.1) is 13.2 Å². The molecular weight excluding hydrogens is 304 g/mol. The molecule has 24 heavy (non-hydrogen) atoms. The maximum Gasteiger partial charge on any atom is 0.328 e. The first-order chi connectivity index (χ1) is 11.7. The van der Waals surface area contributed by atoms with Crippen LogP contribution in [0.5, 0.6) is 0 Å². The third-order valence-corrected chi connectivity index (χ3v) is 4.31. The van der Waals surface area contributed by atoms with Gasteiger partial charge in [0.25, 0.3) is 0 Å². The quantitative estimate of drug-likeness (QED) is 0.852. The summed E-state index contributed by atoms with van der Waals surface area (Å²) >= 11 is 0. The summed E-state index contributed by atoms with van der Waals surface area (Å²) in [6.45, 7) is 2.86. The van der Waals surface area contributed by atoms with Crippen molar-refractivity contribution in [2.24, 2.45) is 0 Å². The first-order valence-corrected chi connectivity index (χ1v) is 8.18. The third-order valence-electron chi connectivity index (χ3n) is 4.31. The van der Waals surface area contributed by atoms with Crippen LogP contribution in [-0.4, -0.2) is 35.6 Å². The van der Waals surface area contributed by atoms with E-state index in [-0.39, 0.29) is 18.1 Å². The molecule has 2 heterocycles. The molecule has 0 spiro atoms. The number of hydrogen-bond donors (Lipinski definition) is 1. The van der Waals surface area contributed by atoms with Crippen LogP contribution in [0.1, 0.15) is 31.4 Å². The van der Waals surface area contributed by atoms with Crippen LogP contribution in [-0.2, 0) is 9.53 Å². The van der Waals surface area contributed by atoms with Gasteiger partial charge in [-0.1, -0.05) is 30.3 Å². The molecule has 1 N–H and O–H groups in total. The van der Waals surface area contributed by atoms with Crippen LogP contribution in [0.2, 0.25) is 0 Å². The van der Waals surface area contributed by atoms with Gasteiger partial charge in [-0.15, -0.1) is 0 Å². The number of hydrogen-bond acceptors (Lipinski definition) is 6. The van der Waals surface area contributed by atoms with Crippen molar-refractivity contribution in [3.05, 3.63) is 48.2 Å². The lowest BCUT2D eigenvalue weighted by Gasteiger charge is -2.24. The minimum Gasteiger partial charge on any atom is -0.467 e. The zero-order valence-corrected chi connectivity index (χ0v) is 14.0. The fraction of sp³-hybridized carbons (Fsp3) is 0.389. The van der Waals surface area contributed by atoms with Gasteiger partial charge in [0.15, 0.2) is 0 Å². The van der Waals surface area contributed by atoms with Crippen molar-refractivity contribution in [3.8, 4) is 0 Å². The molecule has 1 aromatic heterocycles. The molecule has 2 aromatic rings. The minimum absolute atomic E-state index is 0.0939.